The number of hydrogen-bond acceptors (Lipinski definition) is 6. The number of pyridine rings is 2. The summed E-state index contributed by atoms with van der Waals surface area (Å²) in [6.07, 6.45) is 1.20. The first kappa shape index (κ1) is 30.0. The van der Waals surface area contributed by atoms with Crippen LogP contribution >= 0.6 is 0 Å². The van der Waals surface area contributed by atoms with Gasteiger partial charge in [-0.1, -0.05) is 58.9 Å². The number of nitrogens with zero attached hydrogens (tertiary/aromatic N) is 2. The lowest BCUT2D eigenvalue weighted by molar-refractivity contribution is 0.0889. The van der Waals surface area contributed by atoms with Crippen molar-refractivity contribution < 1.29 is 19.0 Å². The minimum Gasteiger partial charge on any atom is -0.544 e. The maximum absolute atomic E-state index is 12.5. The molecule has 3 aromatic rings. The van der Waals surface area contributed by atoms with Gasteiger partial charge in [0.2, 0.25) is 8.32 Å². The highest BCUT2D eigenvalue weighted by atomic mass is 28.4. The van der Waals surface area contributed by atoms with Crippen LogP contribution in [0.3, 0.4) is 0 Å². The highest BCUT2D eigenvalue weighted by Gasteiger charge is 2.40. The van der Waals surface area contributed by atoms with E-state index in [2.05, 4.69) is 47.7 Å². The molecule has 0 saturated heterocycles. The Bertz CT molecular complexity index is 1130. The Labute approximate surface area is 229 Å². The van der Waals surface area contributed by atoms with Gasteiger partial charge >= 0.3 is 0 Å². The van der Waals surface area contributed by atoms with Crippen LogP contribution in [0.25, 0.3) is 0 Å². The van der Waals surface area contributed by atoms with Crippen molar-refractivity contribution in [3.63, 3.8) is 0 Å². The number of aromatic nitrogens is 2. The van der Waals surface area contributed by atoms with Gasteiger partial charge < -0.3 is 19.0 Å². The molecule has 2 unspecified atom stereocenters. The fraction of sp³-hybridized carbons (Fsp3) is 0.484. The average Bonchev–Trinajstić information content (AvgIpc) is 2.89. The van der Waals surface area contributed by atoms with E-state index in [4.69, 9.17) is 23.9 Å². The second-order valence-electron chi connectivity index (χ2n) is 11.3. The van der Waals surface area contributed by atoms with E-state index in [1.54, 1.807) is 14.2 Å². The molecule has 0 spiro atoms. The molecular weight excluding hydrogens is 492 g/mol. The van der Waals surface area contributed by atoms with Crippen LogP contribution in [0.4, 0.5) is 0 Å². The van der Waals surface area contributed by atoms with Gasteiger partial charge in [-0.05, 0) is 72.9 Å². The molecule has 2 atom stereocenters. The number of benzene rings is 1. The molecule has 6 nitrogen and oxygen atoms in total. The largest absolute Gasteiger partial charge is 0.544 e. The van der Waals surface area contributed by atoms with E-state index in [-0.39, 0.29) is 17.2 Å². The van der Waals surface area contributed by atoms with Crippen LogP contribution in [0.15, 0.2) is 60.7 Å². The second kappa shape index (κ2) is 12.1. The Morgan fingerprint density at radius 3 is 1.58 bits per heavy atom. The summed E-state index contributed by atoms with van der Waals surface area (Å²) in [6.45, 7) is 15.2. The smallest absolute Gasteiger partial charge is 0.250 e. The van der Waals surface area contributed by atoms with Crippen molar-refractivity contribution in [2.24, 2.45) is 0 Å². The highest BCUT2D eigenvalue weighted by molar-refractivity contribution is 6.74. The zero-order chi connectivity index (χ0) is 28.1. The topological polar surface area (TPSA) is 73.7 Å². The molecule has 0 fully saturated rings. The summed E-state index contributed by atoms with van der Waals surface area (Å²) in [5.41, 5.74) is 1.56. The molecule has 0 bridgehead atoms. The fourth-order valence-electron chi connectivity index (χ4n) is 4.30. The van der Waals surface area contributed by atoms with Gasteiger partial charge in [-0.15, -0.1) is 0 Å². The van der Waals surface area contributed by atoms with Crippen molar-refractivity contribution >= 4 is 8.32 Å². The van der Waals surface area contributed by atoms with Gasteiger partial charge in [0.15, 0.2) is 5.60 Å². The molecule has 38 heavy (non-hydrogen) atoms. The van der Waals surface area contributed by atoms with Crippen molar-refractivity contribution in [1.82, 2.24) is 9.97 Å². The number of rotatable bonds is 11. The summed E-state index contributed by atoms with van der Waals surface area (Å²) in [6, 6.07) is 19.0. The van der Waals surface area contributed by atoms with E-state index < -0.39 is 13.9 Å². The lowest BCUT2D eigenvalue weighted by atomic mass is 9.85. The molecular formula is C31H44N2O4Si. The molecule has 3 rings (SSSR count). The third kappa shape index (κ3) is 6.17. The summed E-state index contributed by atoms with van der Waals surface area (Å²) in [4.78, 5) is 9.80. The van der Waals surface area contributed by atoms with E-state index in [1.807, 2.05) is 60.7 Å². The van der Waals surface area contributed by atoms with Crippen LogP contribution in [-0.4, -0.2) is 37.6 Å². The molecule has 206 valence electrons. The highest BCUT2D eigenvalue weighted by Crippen LogP contribution is 2.40. The second-order valence-corrected chi connectivity index (χ2v) is 16.0. The zero-order valence-corrected chi connectivity index (χ0v) is 25.4. The maximum atomic E-state index is 12.5. The minimum absolute atomic E-state index is 0.0788. The minimum atomic E-state index is -2.01. The Morgan fingerprint density at radius 2 is 1.21 bits per heavy atom. The first-order valence-corrected chi connectivity index (χ1v) is 16.3. The van der Waals surface area contributed by atoms with Crippen LogP contribution in [0.2, 0.25) is 18.1 Å². The first-order chi connectivity index (χ1) is 17.9. The Kier molecular flexibility index (Phi) is 9.52. The van der Waals surface area contributed by atoms with Crippen LogP contribution < -0.4 is 4.43 Å². The van der Waals surface area contributed by atoms with Crippen LogP contribution in [0.5, 0.6) is 5.75 Å². The Balaban J connectivity index is 2.16. The van der Waals surface area contributed by atoms with E-state index >= 15 is 0 Å². The number of hydrogen-bond donors (Lipinski definition) is 1. The predicted octanol–water partition coefficient (Wildman–Crippen LogP) is 7.34. The maximum Gasteiger partial charge on any atom is 0.250 e. The zero-order valence-electron chi connectivity index (χ0n) is 24.4. The molecule has 1 aromatic carbocycles. The van der Waals surface area contributed by atoms with Crippen molar-refractivity contribution in [3.05, 3.63) is 89.0 Å². The summed E-state index contributed by atoms with van der Waals surface area (Å²) < 4.78 is 17.8. The quantitative estimate of drug-likeness (QED) is 0.258. The van der Waals surface area contributed by atoms with E-state index in [9.17, 15) is 5.11 Å². The Hall–Kier alpha value is -2.58. The van der Waals surface area contributed by atoms with Gasteiger partial charge in [0.1, 0.15) is 5.75 Å². The molecule has 0 amide bonds. The standard InChI is InChI=1S/C31H44N2O4Si/c1-10-26(35-6)24-14-12-16-28(32-24)31(34,29-17-13-15-25(33-29)27(11-2)36-7)22-18-20-23(21-19-22)37-38(8,9)30(3,4)5/h12-21,26-27,34H,10-11H2,1-9H3. The van der Waals surface area contributed by atoms with Crippen LogP contribution in [0.1, 0.15) is 88.0 Å². The molecule has 0 aliphatic rings. The molecule has 0 saturated carbocycles. The molecule has 0 radical (unpaired) electrons. The predicted molar refractivity (Wildman–Crippen MR) is 155 cm³/mol. The average molecular weight is 537 g/mol. The third-order valence-corrected chi connectivity index (χ3v) is 12.1. The van der Waals surface area contributed by atoms with E-state index in [0.29, 0.717) is 17.0 Å². The van der Waals surface area contributed by atoms with Crippen LogP contribution in [-0.2, 0) is 15.1 Å². The molecule has 1 N–H and O–H groups in total. The first-order valence-electron chi connectivity index (χ1n) is 13.4. The number of aliphatic hydroxyl groups is 1. The molecule has 0 aliphatic carbocycles. The molecule has 2 heterocycles. The summed E-state index contributed by atoms with van der Waals surface area (Å²) in [5.74, 6) is 0.793. The van der Waals surface area contributed by atoms with Crippen molar-refractivity contribution in [3.8, 4) is 5.75 Å². The van der Waals surface area contributed by atoms with Gasteiger partial charge in [-0.2, -0.15) is 0 Å². The van der Waals surface area contributed by atoms with E-state index in [0.717, 1.165) is 30.0 Å². The lowest BCUT2D eigenvalue weighted by Gasteiger charge is -2.36. The van der Waals surface area contributed by atoms with Crippen molar-refractivity contribution in [2.45, 2.75) is 83.4 Å². The molecule has 2 aromatic heterocycles. The van der Waals surface area contributed by atoms with Crippen molar-refractivity contribution in [2.75, 3.05) is 14.2 Å². The van der Waals surface area contributed by atoms with Crippen molar-refractivity contribution in [1.29, 1.82) is 0 Å². The normalized spacial score (nSPS) is 15.5. The summed E-state index contributed by atoms with van der Waals surface area (Å²) in [5, 5.41) is 12.6. The van der Waals surface area contributed by atoms with Gasteiger partial charge in [0.05, 0.1) is 35.0 Å². The molecule has 7 heteroatoms. The summed E-state index contributed by atoms with van der Waals surface area (Å²) >= 11 is 0. The van der Waals surface area contributed by atoms with Gasteiger partial charge in [-0.25, -0.2) is 0 Å². The number of ether oxygens (including phenoxy) is 2. The SMILES string of the molecule is CCC(OC)c1cccc(C(O)(c2ccc(O[Si](C)(C)C(C)(C)C)cc2)c2cccc(C(CC)OC)n2)n1. The van der Waals surface area contributed by atoms with Gasteiger partial charge in [0, 0.05) is 14.2 Å². The third-order valence-electron chi connectivity index (χ3n) is 7.70. The fourth-order valence-corrected chi connectivity index (χ4v) is 5.33. The van der Waals surface area contributed by atoms with E-state index in [1.165, 1.54) is 0 Å². The summed E-state index contributed by atoms with van der Waals surface area (Å²) in [7, 11) is 1.35. The monoisotopic (exact) mass is 536 g/mol. The lowest BCUT2D eigenvalue weighted by Crippen LogP contribution is -2.43. The molecule has 0 aliphatic heterocycles. The van der Waals surface area contributed by atoms with Crippen LogP contribution in [0, 0.1) is 0 Å². The number of methoxy groups -OCH3 is 2. The van der Waals surface area contributed by atoms with Gasteiger partial charge in [-0.3, -0.25) is 9.97 Å². The Morgan fingerprint density at radius 1 is 0.763 bits per heavy atom. The van der Waals surface area contributed by atoms with Gasteiger partial charge in [0.25, 0.3) is 0 Å².